The maximum Gasteiger partial charge on any atom is 0.123 e. The van der Waals surface area contributed by atoms with E-state index in [1.807, 2.05) is 13.0 Å². The fourth-order valence-electron chi connectivity index (χ4n) is 2.52. The SMILES string of the molecule is Cc1cc(F)ccc1CCNC1CCCSC1C. The van der Waals surface area contributed by atoms with Crippen molar-refractivity contribution in [3.8, 4) is 0 Å². The van der Waals surface area contributed by atoms with Crippen molar-refractivity contribution in [2.75, 3.05) is 12.3 Å². The molecule has 1 aliphatic heterocycles. The number of halogens is 1. The van der Waals surface area contributed by atoms with Gasteiger partial charge in [-0.2, -0.15) is 11.8 Å². The molecule has 1 fully saturated rings. The van der Waals surface area contributed by atoms with Crippen LogP contribution in [-0.4, -0.2) is 23.6 Å². The second kappa shape index (κ2) is 6.58. The van der Waals surface area contributed by atoms with Gasteiger partial charge < -0.3 is 5.32 Å². The van der Waals surface area contributed by atoms with Crippen LogP contribution in [-0.2, 0) is 6.42 Å². The highest BCUT2D eigenvalue weighted by molar-refractivity contribution is 7.99. The van der Waals surface area contributed by atoms with Crippen LogP contribution in [0.15, 0.2) is 18.2 Å². The van der Waals surface area contributed by atoms with E-state index in [2.05, 4.69) is 24.0 Å². The number of rotatable bonds is 4. The summed E-state index contributed by atoms with van der Waals surface area (Å²) >= 11 is 2.07. The fourth-order valence-corrected chi connectivity index (χ4v) is 3.69. The molecule has 1 heterocycles. The predicted molar refractivity (Wildman–Crippen MR) is 77.8 cm³/mol. The lowest BCUT2D eigenvalue weighted by Crippen LogP contribution is -2.40. The summed E-state index contributed by atoms with van der Waals surface area (Å²) in [6.07, 6.45) is 3.60. The largest absolute Gasteiger partial charge is 0.313 e. The summed E-state index contributed by atoms with van der Waals surface area (Å²) in [5.41, 5.74) is 2.31. The highest BCUT2D eigenvalue weighted by Gasteiger charge is 2.20. The molecule has 2 unspecified atom stereocenters. The molecule has 18 heavy (non-hydrogen) atoms. The van der Waals surface area contributed by atoms with Gasteiger partial charge in [0.15, 0.2) is 0 Å². The zero-order valence-corrected chi connectivity index (χ0v) is 12.0. The van der Waals surface area contributed by atoms with Crippen LogP contribution >= 0.6 is 11.8 Å². The van der Waals surface area contributed by atoms with Gasteiger partial charge in [-0.25, -0.2) is 4.39 Å². The van der Waals surface area contributed by atoms with Gasteiger partial charge in [-0.05, 0) is 61.7 Å². The molecule has 1 N–H and O–H groups in total. The van der Waals surface area contributed by atoms with Crippen molar-refractivity contribution in [1.82, 2.24) is 5.32 Å². The molecule has 1 saturated heterocycles. The van der Waals surface area contributed by atoms with Gasteiger partial charge >= 0.3 is 0 Å². The van der Waals surface area contributed by atoms with Crippen molar-refractivity contribution < 1.29 is 4.39 Å². The molecule has 0 spiro atoms. The first-order chi connectivity index (χ1) is 8.66. The van der Waals surface area contributed by atoms with Gasteiger partial charge in [0.1, 0.15) is 5.82 Å². The topological polar surface area (TPSA) is 12.0 Å². The molecular formula is C15H22FNS. The van der Waals surface area contributed by atoms with E-state index in [9.17, 15) is 4.39 Å². The molecule has 2 atom stereocenters. The predicted octanol–water partition coefficient (Wildman–Crippen LogP) is 3.55. The van der Waals surface area contributed by atoms with Crippen molar-refractivity contribution >= 4 is 11.8 Å². The van der Waals surface area contributed by atoms with Gasteiger partial charge in [0.2, 0.25) is 0 Å². The number of thioether (sulfide) groups is 1. The third-order valence-electron chi connectivity index (χ3n) is 3.71. The van der Waals surface area contributed by atoms with E-state index in [0.29, 0.717) is 11.3 Å². The summed E-state index contributed by atoms with van der Waals surface area (Å²) in [6.45, 7) is 5.28. The van der Waals surface area contributed by atoms with Crippen molar-refractivity contribution in [2.24, 2.45) is 0 Å². The smallest absolute Gasteiger partial charge is 0.123 e. The van der Waals surface area contributed by atoms with Crippen molar-refractivity contribution in [3.63, 3.8) is 0 Å². The Kier molecular flexibility index (Phi) is 5.07. The average molecular weight is 267 g/mol. The third kappa shape index (κ3) is 3.72. The van der Waals surface area contributed by atoms with Gasteiger partial charge in [-0.3, -0.25) is 0 Å². The first-order valence-corrected chi connectivity index (χ1v) is 7.81. The van der Waals surface area contributed by atoms with Crippen LogP contribution in [0.2, 0.25) is 0 Å². The van der Waals surface area contributed by atoms with Crippen LogP contribution in [0.4, 0.5) is 4.39 Å². The minimum Gasteiger partial charge on any atom is -0.313 e. The van der Waals surface area contributed by atoms with Gasteiger partial charge in [-0.15, -0.1) is 0 Å². The van der Waals surface area contributed by atoms with E-state index < -0.39 is 0 Å². The molecule has 0 aromatic heterocycles. The van der Waals surface area contributed by atoms with Crippen molar-refractivity contribution in [1.29, 1.82) is 0 Å². The number of nitrogens with one attached hydrogen (secondary N) is 1. The molecule has 1 aromatic rings. The van der Waals surface area contributed by atoms with Crippen LogP contribution in [0.3, 0.4) is 0 Å². The summed E-state index contributed by atoms with van der Waals surface area (Å²) in [4.78, 5) is 0. The van der Waals surface area contributed by atoms with Crippen molar-refractivity contribution in [2.45, 2.75) is 44.4 Å². The normalized spacial score (nSPS) is 24.2. The van der Waals surface area contributed by atoms with E-state index in [1.165, 1.54) is 24.2 Å². The lowest BCUT2D eigenvalue weighted by Gasteiger charge is -2.29. The molecule has 1 nitrogen and oxygen atoms in total. The first kappa shape index (κ1) is 13.9. The van der Waals surface area contributed by atoms with Crippen LogP contribution in [0, 0.1) is 12.7 Å². The van der Waals surface area contributed by atoms with E-state index in [0.717, 1.165) is 18.5 Å². The number of hydrogen-bond acceptors (Lipinski definition) is 2. The van der Waals surface area contributed by atoms with Crippen molar-refractivity contribution in [3.05, 3.63) is 35.1 Å². The first-order valence-electron chi connectivity index (χ1n) is 6.77. The second-order valence-corrected chi connectivity index (χ2v) is 6.58. The molecule has 0 radical (unpaired) electrons. The quantitative estimate of drug-likeness (QED) is 0.895. The molecule has 0 aliphatic carbocycles. The summed E-state index contributed by atoms with van der Waals surface area (Å²) in [5.74, 6) is 1.16. The second-order valence-electron chi connectivity index (χ2n) is 5.10. The molecule has 0 saturated carbocycles. The van der Waals surface area contributed by atoms with E-state index in [1.54, 1.807) is 12.1 Å². The standard InChI is InChI=1S/C15H22FNS/c1-11-10-14(16)6-5-13(11)7-8-17-15-4-3-9-18-12(15)2/h5-6,10,12,15,17H,3-4,7-9H2,1-2H3. The molecule has 0 amide bonds. The van der Waals surface area contributed by atoms with E-state index in [-0.39, 0.29) is 5.82 Å². The van der Waals surface area contributed by atoms with Gasteiger partial charge in [0, 0.05) is 11.3 Å². The Labute approximate surface area is 114 Å². The monoisotopic (exact) mass is 267 g/mol. The molecule has 100 valence electrons. The highest BCUT2D eigenvalue weighted by atomic mass is 32.2. The Morgan fingerprint density at radius 3 is 3.00 bits per heavy atom. The van der Waals surface area contributed by atoms with Gasteiger partial charge in [0.05, 0.1) is 0 Å². The zero-order chi connectivity index (χ0) is 13.0. The molecule has 2 rings (SSSR count). The third-order valence-corrected chi connectivity index (χ3v) is 5.09. The zero-order valence-electron chi connectivity index (χ0n) is 11.2. The Balaban J connectivity index is 1.81. The highest BCUT2D eigenvalue weighted by Crippen LogP contribution is 2.24. The summed E-state index contributed by atoms with van der Waals surface area (Å²) < 4.78 is 13.0. The molecule has 1 aromatic carbocycles. The van der Waals surface area contributed by atoms with Gasteiger partial charge in [0.25, 0.3) is 0 Å². The van der Waals surface area contributed by atoms with Crippen LogP contribution in [0.25, 0.3) is 0 Å². The Morgan fingerprint density at radius 2 is 2.28 bits per heavy atom. The average Bonchev–Trinajstić information content (AvgIpc) is 2.34. The maximum absolute atomic E-state index is 13.0. The molecular weight excluding hydrogens is 245 g/mol. The summed E-state index contributed by atoms with van der Waals surface area (Å²) in [5, 5.41) is 4.36. The minimum atomic E-state index is -0.137. The Bertz CT molecular complexity index is 394. The maximum atomic E-state index is 13.0. The molecule has 3 heteroatoms. The Morgan fingerprint density at radius 1 is 1.44 bits per heavy atom. The number of hydrogen-bond donors (Lipinski definition) is 1. The van der Waals surface area contributed by atoms with E-state index >= 15 is 0 Å². The summed E-state index contributed by atoms with van der Waals surface area (Å²) in [7, 11) is 0. The number of benzene rings is 1. The molecule has 1 aliphatic rings. The lowest BCUT2D eigenvalue weighted by molar-refractivity contribution is 0.465. The van der Waals surface area contributed by atoms with Crippen LogP contribution in [0.1, 0.15) is 30.9 Å². The summed E-state index contributed by atoms with van der Waals surface area (Å²) in [6, 6.07) is 5.73. The lowest BCUT2D eigenvalue weighted by atomic mass is 10.0. The van der Waals surface area contributed by atoms with Gasteiger partial charge in [-0.1, -0.05) is 13.0 Å². The Hall–Kier alpha value is -0.540. The minimum absolute atomic E-state index is 0.137. The fraction of sp³-hybridized carbons (Fsp3) is 0.600. The van der Waals surface area contributed by atoms with Crippen LogP contribution < -0.4 is 5.32 Å². The number of aryl methyl sites for hydroxylation is 1. The van der Waals surface area contributed by atoms with Crippen LogP contribution in [0.5, 0.6) is 0 Å². The van der Waals surface area contributed by atoms with E-state index in [4.69, 9.17) is 0 Å². The molecule has 0 bridgehead atoms.